The molecule has 0 spiro atoms. The van der Waals surface area contributed by atoms with Gasteiger partial charge in [-0.15, -0.1) is 0 Å². The van der Waals surface area contributed by atoms with Crippen LogP contribution in [0.1, 0.15) is 0 Å². The fourth-order valence-electron chi connectivity index (χ4n) is 3.66. The number of likely N-dealkylation sites (tertiary alicyclic amines) is 1. The van der Waals surface area contributed by atoms with Crippen LogP contribution in [0.3, 0.4) is 0 Å². The van der Waals surface area contributed by atoms with Gasteiger partial charge >= 0.3 is 0 Å². The zero-order valence-electron chi connectivity index (χ0n) is 17.9. The Morgan fingerprint density at radius 2 is 2.12 bits per heavy atom. The summed E-state index contributed by atoms with van der Waals surface area (Å²) in [6, 6.07) is 11.4. The third-order valence-electron chi connectivity index (χ3n) is 5.39. The third kappa shape index (κ3) is 4.08. The zero-order chi connectivity index (χ0) is 22.8. The molecule has 0 atom stereocenters. The van der Waals surface area contributed by atoms with Crippen molar-refractivity contribution in [1.82, 2.24) is 19.9 Å². The number of amides is 1. The van der Waals surface area contributed by atoms with Gasteiger partial charge in [-0.2, -0.15) is 0 Å². The van der Waals surface area contributed by atoms with Crippen LogP contribution in [-0.2, 0) is 4.79 Å². The van der Waals surface area contributed by atoms with Crippen LogP contribution in [0.5, 0.6) is 11.5 Å². The molecule has 33 heavy (non-hydrogen) atoms. The minimum absolute atomic E-state index is 0.104. The van der Waals surface area contributed by atoms with Gasteiger partial charge in [0.15, 0.2) is 23.7 Å². The number of nitrogens with one attached hydrogen (secondary N) is 1. The minimum atomic E-state index is -0.125. The molecule has 2 aromatic heterocycles. The van der Waals surface area contributed by atoms with E-state index in [0.717, 1.165) is 16.6 Å². The van der Waals surface area contributed by atoms with Crippen LogP contribution in [0.2, 0.25) is 0 Å². The summed E-state index contributed by atoms with van der Waals surface area (Å²) < 4.78 is 17.0. The molecule has 1 aliphatic heterocycles. The molecule has 1 N–H and O–H groups in total. The van der Waals surface area contributed by atoms with E-state index in [1.807, 2.05) is 36.4 Å². The number of anilines is 2. The van der Waals surface area contributed by atoms with E-state index >= 15 is 0 Å². The van der Waals surface area contributed by atoms with E-state index in [0.29, 0.717) is 41.7 Å². The Bertz CT molecular complexity index is 1320. The maximum absolute atomic E-state index is 11.7. The summed E-state index contributed by atoms with van der Waals surface area (Å²) >= 11 is 0. The predicted molar refractivity (Wildman–Crippen MR) is 123 cm³/mol. The normalized spacial score (nSPS) is 13.4. The van der Waals surface area contributed by atoms with E-state index in [9.17, 15) is 4.79 Å². The highest BCUT2D eigenvalue weighted by molar-refractivity contribution is 5.93. The second kappa shape index (κ2) is 8.62. The number of hydrogen-bond acceptors (Lipinski definition) is 8. The number of nitrogens with zero attached hydrogens (tertiary/aromatic N) is 4. The first-order valence-corrected chi connectivity index (χ1v) is 10.3. The highest BCUT2D eigenvalue weighted by atomic mass is 16.5. The molecule has 5 rings (SSSR count). The monoisotopic (exact) mass is 443 g/mol. The lowest BCUT2D eigenvalue weighted by molar-refractivity contribution is -0.134. The molecule has 4 aromatic rings. The fraction of sp³-hybridized carbons (Fsp3) is 0.167. The number of fused-ring (bicyclic) bond motifs is 1. The molecule has 2 aromatic carbocycles. The molecule has 3 heterocycles. The number of oxazole rings is 1. The van der Waals surface area contributed by atoms with Gasteiger partial charge in [0.25, 0.3) is 0 Å². The number of rotatable bonds is 7. The van der Waals surface area contributed by atoms with Crippen LogP contribution in [0.15, 0.2) is 72.4 Å². The molecule has 9 nitrogen and oxygen atoms in total. The molecule has 1 aliphatic rings. The van der Waals surface area contributed by atoms with Crippen LogP contribution in [0.25, 0.3) is 22.2 Å². The maximum atomic E-state index is 11.7. The number of hydrogen-bond donors (Lipinski definition) is 1. The van der Waals surface area contributed by atoms with E-state index in [1.54, 1.807) is 18.2 Å². The standard InChI is InChI=1S/C24H21N5O4/c1-3-23(30)29-11-17(12-29)33-21-8-18-19(9-20(21)31-2)26-13-27-24(18)28-16-6-4-5-15(7-16)22-10-25-14-32-22/h3-10,13-14,17H,1,11-12H2,2H3,(H,26,27,28). The van der Waals surface area contributed by atoms with Gasteiger partial charge in [-0.05, 0) is 24.3 Å². The molecule has 0 unspecified atom stereocenters. The van der Waals surface area contributed by atoms with Crippen LogP contribution in [0, 0.1) is 0 Å². The fourth-order valence-corrected chi connectivity index (χ4v) is 3.66. The van der Waals surface area contributed by atoms with Crippen molar-refractivity contribution in [2.45, 2.75) is 6.10 Å². The number of carbonyl (C=O) groups is 1. The van der Waals surface area contributed by atoms with Gasteiger partial charge < -0.3 is 24.1 Å². The van der Waals surface area contributed by atoms with Crippen molar-refractivity contribution in [2.24, 2.45) is 0 Å². The van der Waals surface area contributed by atoms with Gasteiger partial charge in [0.2, 0.25) is 5.91 Å². The Balaban J connectivity index is 1.43. The second-order valence-electron chi connectivity index (χ2n) is 7.50. The van der Waals surface area contributed by atoms with Crippen molar-refractivity contribution in [3.8, 4) is 22.8 Å². The Kier molecular flexibility index (Phi) is 5.35. The number of methoxy groups -OCH3 is 1. The summed E-state index contributed by atoms with van der Waals surface area (Å²) in [5.74, 6) is 2.32. The first kappa shape index (κ1) is 20.5. The van der Waals surface area contributed by atoms with Gasteiger partial charge in [-0.1, -0.05) is 18.7 Å². The minimum Gasteiger partial charge on any atom is -0.493 e. The van der Waals surface area contributed by atoms with Gasteiger partial charge in [0.05, 0.1) is 31.9 Å². The van der Waals surface area contributed by atoms with E-state index in [2.05, 4.69) is 26.8 Å². The molecule has 1 amide bonds. The first-order chi connectivity index (χ1) is 16.1. The van der Waals surface area contributed by atoms with Gasteiger partial charge in [-0.3, -0.25) is 4.79 Å². The number of aromatic nitrogens is 3. The molecule has 1 saturated heterocycles. The average Bonchev–Trinajstić information content (AvgIpc) is 3.36. The van der Waals surface area contributed by atoms with Crippen LogP contribution >= 0.6 is 0 Å². The number of carbonyl (C=O) groups excluding carboxylic acids is 1. The molecular formula is C24H21N5O4. The number of ether oxygens (including phenoxy) is 2. The third-order valence-corrected chi connectivity index (χ3v) is 5.39. The van der Waals surface area contributed by atoms with Crippen molar-refractivity contribution < 1.29 is 18.7 Å². The van der Waals surface area contributed by atoms with Crippen LogP contribution in [0.4, 0.5) is 11.5 Å². The molecule has 166 valence electrons. The maximum Gasteiger partial charge on any atom is 0.246 e. The van der Waals surface area contributed by atoms with E-state index in [-0.39, 0.29) is 12.0 Å². The van der Waals surface area contributed by atoms with E-state index in [4.69, 9.17) is 13.9 Å². The van der Waals surface area contributed by atoms with Crippen molar-refractivity contribution in [3.63, 3.8) is 0 Å². The average molecular weight is 443 g/mol. The van der Waals surface area contributed by atoms with Gasteiger partial charge in [0, 0.05) is 22.7 Å². The summed E-state index contributed by atoms with van der Waals surface area (Å²) in [5, 5.41) is 4.13. The summed E-state index contributed by atoms with van der Waals surface area (Å²) in [6.45, 7) is 4.51. The van der Waals surface area contributed by atoms with E-state index < -0.39 is 0 Å². The van der Waals surface area contributed by atoms with Crippen LogP contribution in [-0.4, -0.2) is 52.1 Å². The Hall–Kier alpha value is -4.40. The van der Waals surface area contributed by atoms with Crippen molar-refractivity contribution in [3.05, 3.63) is 68.0 Å². The number of benzene rings is 2. The summed E-state index contributed by atoms with van der Waals surface area (Å²) in [7, 11) is 1.58. The Labute approximate surface area is 189 Å². The largest absolute Gasteiger partial charge is 0.493 e. The highest BCUT2D eigenvalue weighted by Gasteiger charge is 2.31. The molecule has 0 saturated carbocycles. The Morgan fingerprint density at radius 3 is 2.88 bits per heavy atom. The van der Waals surface area contributed by atoms with Crippen molar-refractivity contribution in [2.75, 3.05) is 25.5 Å². The summed E-state index contributed by atoms with van der Waals surface area (Å²) in [4.78, 5) is 26.2. The van der Waals surface area contributed by atoms with Crippen molar-refractivity contribution in [1.29, 1.82) is 0 Å². The van der Waals surface area contributed by atoms with Gasteiger partial charge in [-0.25, -0.2) is 15.0 Å². The van der Waals surface area contributed by atoms with Crippen LogP contribution < -0.4 is 14.8 Å². The first-order valence-electron chi connectivity index (χ1n) is 10.3. The van der Waals surface area contributed by atoms with Gasteiger partial charge in [0.1, 0.15) is 18.2 Å². The highest BCUT2D eigenvalue weighted by Crippen LogP contribution is 2.36. The molecule has 1 fully saturated rings. The lowest BCUT2D eigenvalue weighted by Crippen LogP contribution is -2.55. The van der Waals surface area contributed by atoms with Crippen molar-refractivity contribution >= 4 is 28.3 Å². The predicted octanol–water partition coefficient (Wildman–Crippen LogP) is 3.81. The summed E-state index contributed by atoms with van der Waals surface area (Å²) in [6.07, 6.45) is 5.74. The Morgan fingerprint density at radius 1 is 1.24 bits per heavy atom. The molecular weight excluding hydrogens is 422 g/mol. The molecule has 0 aliphatic carbocycles. The summed E-state index contributed by atoms with van der Waals surface area (Å²) in [5.41, 5.74) is 2.44. The van der Waals surface area contributed by atoms with E-state index in [1.165, 1.54) is 18.8 Å². The topological polar surface area (TPSA) is 103 Å². The SMILES string of the molecule is C=CC(=O)N1CC(Oc2cc3c(Nc4cccc(-c5cnco5)c4)ncnc3cc2OC)C1. The molecule has 0 bridgehead atoms. The zero-order valence-corrected chi connectivity index (χ0v) is 17.9. The smallest absolute Gasteiger partial charge is 0.246 e. The quantitative estimate of drug-likeness (QED) is 0.430. The molecule has 9 heteroatoms. The molecule has 0 radical (unpaired) electrons. The lowest BCUT2D eigenvalue weighted by atomic mass is 10.1. The second-order valence-corrected chi connectivity index (χ2v) is 7.50. The lowest BCUT2D eigenvalue weighted by Gasteiger charge is -2.38.